The van der Waals surface area contributed by atoms with Crippen LogP contribution in [0.1, 0.15) is 20.7 Å². The van der Waals surface area contributed by atoms with E-state index in [2.05, 4.69) is 4.74 Å². The van der Waals surface area contributed by atoms with Gasteiger partial charge in [-0.15, -0.1) is 0 Å². The van der Waals surface area contributed by atoms with Crippen molar-refractivity contribution in [1.29, 1.82) is 0 Å². The number of ether oxygens (including phenoxy) is 1. The maximum atomic E-state index is 11.1. The Hall–Kier alpha value is -1.06. The summed E-state index contributed by atoms with van der Waals surface area (Å²) in [5.74, 6) is -0.602. The van der Waals surface area contributed by atoms with Crippen molar-refractivity contribution in [2.75, 3.05) is 7.11 Å². The van der Waals surface area contributed by atoms with E-state index in [0.717, 1.165) is 0 Å². The Labute approximate surface area is 90.6 Å². The van der Waals surface area contributed by atoms with Gasteiger partial charge in [-0.25, -0.2) is 4.79 Å². The van der Waals surface area contributed by atoms with Gasteiger partial charge in [0, 0.05) is 5.56 Å². The zero-order valence-corrected chi connectivity index (χ0v) is 8.72. The van der Waals surface area contributed by atoms with Gasteiger partial charge in [0.15, 0.2) is 6.29 Å². The molecule has 1 aromatic rings. The van der Waals surface area contributed by atoms with E-state index in [1.54, 1.807) is 0 Å². The topological polar surface area (TPSA) is 43.4 Å². The molecule has 0 bridgehead atoms. The third-order valence-corrected chi connectivity index (χ3v) is 2.26. The number of carbonyl (C=O) groups is 2. The van der Waals surface area contributed by atoms with Gasteiger partial charge >= 0.3 is 5.97 Å². The molecule has 0 saturated carbocycles. The third kappa shape index (κ3) is 2.05. The van der Waals surface area contributed by atoms with Gasteiger partial charge < -0.3 is 4.74 Å². The molecule has 0 aromatic heterocycles. The van der Waals surface area contributed by atoms with Crippen LogP contribution < -0.4 is 0 Å². The van der Waals surface area contributed by atoms with Gasteiger partial charge in [0.1, 0.15) is 0 Å². The van der Waals surface area contributed by atoms with Crippen LogP contribution in [0, 0.1) is 0 Å². The SMILES string of the molecule is COC(=O)c1cc(C=O)c(Cl)cc1Cl. The summed E-state index contributed by atoms with van der Waals surface area (Å²) in [4.78, 5) is 21.7. The minimum atomic E-state index is -0.602. The molecule has 1 rings (SSSR count). The zero-order valence-electron chi connectivity index (χ0n) is 7.21. The summed E-state index contributed by atoms with van der Waals surface area (Å²) in [6, 6.07) is 2.63. The Balaban J connectivity index is 3.30. The average Bonchev–Trinajstić information content (AvgIpc) is 2.17. The third-order valence-electron chi connectivity index (χ3n) is 1.62. The van der Waals surface area contributed by atoms with Crippen LogP contribution >= 0.6 is 23.2 Å². The summed E-state index contributed by atoms with van der Waals surface area (Å²) in [5, 5.41) is 0.366. The number of carbonyl (C=O) groups excluding carboxylic acids is 2. The maximum absolute atomic E-state index is 11.1. The lowest BCUT2D eigenvalue weighted by Crippen LogP contribution is -2.03. The van der Waals surface area contributed by atoms with E-state index in [0.29, 0.717) is 6.29 Å². The zero-order chi connectivity index (χ0) is 10.7. The molecule has 0 radical (unpaired) electrons. The number of hydrogen-bond donors (Lipinski definition) is 0. The first-order valence-corrected chi connectivity index (χ1v) is 4.38. The minimum absolute atomic E-state index is 0.126. The number of hydrogen-bond acceptors (Lipinski definition) is 3. The predicted octanol–water partition coefficient (Wildman–Crippen LogP) is 2.59. The van der Waals surface area contributed by atoms with E-state index in [-0.39, 0.29) is 21.2 Å². The van der Waals surface area contributed by atoms with Crippen molar-refractivity contribution in [3.63, 3.8) is 0 Å². The molecule has 1 aromatic carbocycles. The molecule has 5 heteroatoms. The minimum Gasteiger partial charge on any atom is -0.465 e. The lowest BCUT2D eigenvalue weighted by atomic mass is 10.1. The molecule has 0 unspecified atom stereocenters. The fourth-order valence-corrected chi connectivity index (χ4v) is 1.43. The second-order valence-corrected chi connectivity index (χ2v) is 3.28. The van der Waals surface area contributed by atoms with Crippen LogP contribution in [0.25, 0.3) is 0 Å². The van der Waals surface area contributed by atoms with E-state index < -0.39 is 5.97 Å². The Kier molecular flexibility index (Phi) is 3.49. The summed E-state index contributed by atoms with van der Waals surface area (Å²) in [6.07, 6.45) is 0.547. The summed E-state index contributed by atoms with van der Waals surface area (Å²) in [6.45, 7) is 0. The predicted molar refractivity (Wildman–Crippen MR) is 53.2 cm³/mol. The van der Waals surface area contributed by atoms with Crippen molar-refractivity contribution in [2.24, 2.45) is 0 Å². The molecule has 0 saturated heterocycles. The Bertz CT molecular complexity index is 388. The molecule has 0 N–H and O–H groups in total. The second kappa shape index (κ2) is 4.44. The largest absolute Gasteiger partial charge is 0.465 e. The van der Waals surface area contributed by atoms with Crippen LogP contribution in [0.2, 0.25) is 10.0 Å². The lowest BCUT2D eigenvalue weighted by Gasteiger charge is -2.04. The lowest BCUT2D eigenvalue weighted by molar-refractivity contribution is 0.0601. The van der Waals surface area contributed by atoms with Crippen molar-refractivity contribution in [1.82, 2.24) is 0 Å². The molecule has 0 fully saturated rings. The molecule has 0 atom stereocenters. The highest BCUT2D eigenvalue weighted by atomic mass is 35.5. The number of benzene rings is 1. The molecule has 0 amide bonds. The quantitative estimate of drug-likeness (QED) is 0.582. The van der Waals surface area contributed by atoms with Crippen LogP contribution in [0.4, 0.5) is 0 Å². The first kappa shape index (κ1) is 11.0. The van der Waals surface area contributed by atoms with Crippen molar-refractivity contribution in [3.8, 4) is 0 Å². The molecule has 74 valence electrons. The Morgan fingerprint density at radius 1 is 1.36 bits per heavy atom. The van der Waals surface area contributed by atoms with Gasteiger partial charge in [-0.05, 0) is 12.1 Å². The highest BCUT2D eigenvalue weighted by molar-refractivity contribution is 6.37. The molecule has 14 heavy (non-hydrogen) atoms. The summed E-state index contributed by atoms with van der Waals surface area (Å²) >= 11 is 11.4. The molecule has 0 aliphatic heterocycles. The fourth-order valence-electron chi connectivity index (χ4n) is 0.922. The van der Waals surface area contributed by atoms with Crippen LogP contribution in [0.5, 0.6) is 0 Å². The van der Waals surface area contributed by atoms with Crippen molar-refractivity contribution < 1.29 is 14.3 Å². The maximum Gasteiger partial charge on any atom is 0.339 e. The monoisotopic (exact) mass is 232 g/mol. The molecule has 0 aliphatic rings. The molecular weight excluding hydrogens is 227 g/mol. The Morgan fingerprint density at radius 2 is 2.00 bits per heavy atom. The van der Waals surface area contributed by atoms with E-state index in [1.165, 1.54) is 19.2 Å². The number of esters is 1. The van der Waals surface area contributed by atoms with E-state index in [1.807, 2.05) is 0 Å². The van der Waals surface area contributed by atoms with E-state index in [4.69, 9.17) is 23.2 Å². The summed E-state index contributed by atoms with van der Waals surface area (Å²) < 4.78 is 4.47. The number of halogens is 2. The van der Waals surface area contributed by atoms with Crippen molar-refractivity contribution >= 4 is 35.5 Å². The molecule has 0 aliphatic carbocycles. The van der Waals surface area contributed by atoms with Gasteiger partial charge in [0.05, 0.1) is 22.7 Å². The highest BCUT2D eigenvalue weighted by Gasteiger charge is 2.13. The van der Waals surface area contributed by atoms with Crippen molar-refractivity contribution in [2.45, 2.75) is 0 Å². The van der Waals surface area contributed by atoms with Gasteiger partial charge in [0.2, 0.25) is 0 Å². The van der Waals surface area contributed by atoms with Crippen LogP contribution in [-0.2, 0) is 4.74 Å². The highest BCUT2D eigenvalue weighted by Crippen LogP contribution is 2.24. The molecule has 0 spiro atoms. The van der Waals surface area contributed by atoms with Crippen LogP contribution in [0.3, 0.4) is 0 Å². The molecule has 3 nitrogen and oxygen atoms in total. The normalized spacial score (nSPS) is 9.64. The van der Waals surface area contributed by atoms with Crippen LogP contribution in [0.15, 0.2) is 12.1 Å². The number of methoxy groups -OCH3 is 1. The average molecular weight is 233 g/mol. The first-order chi connectivity index (χ1) is 6.60. The van der Waals surface area contributed by atoms with E-state index in [9.17, 15) is 9.59 Å². The van der Waals surface area contributed by atoms with Gasteiger partial charge in [-0.3, -0.25) is 4.79 Å². The Morgan fingerprint density at radius 3 is 2.50 bits per heavy atom. The van der Waals surface area contributed by atoms with Crippen LogP contribution in [-0.4, -0.2) is 19.4 Å². The summed E-state index contributed by atoms with van der Waals surface area (Å²) in [5.41, 5.74) is 0.331. The number of rotatable bonds is 2. The molecule has 0 heterocycles. The molecular formula is C9H6Cl2O3. The summed E-state index contributed by atoms with van der Waals surface area (Å²) in [7, 11) is 1.23. The first-order valence-electron chi connectivity index (χ1n) is 3.62. The van der Waals surface area contributed by atoms with E-state index >= 15 is 0 Å². The van der Waals surface area contributed by atoms with Crippen molar-refractivity contribution in [3.05, 3.63) is 33.3 Å². The number of aldehydes is 1. The standard InChI is InChI=1S/C9H6Cl2O3/c1-14-9(13)6-2-5(4-12)7(10)3-8(6)11/h2-4H,1H3. The van der Waals surface area contributed by atoms with Gasteiger partial charge in [-0.2, -0.15) is 0 Å². The second-order valence-electron chi connectivity index (χ2n) is 2.46. The van der Waals surface area contributed by atoms with Gasteiger partial charge in [0.25, 0.3) is 0 Å². The van der Waals surface area contributed by atoms with Gasteiger partial charge in [-0.1, -0.05) is 23.2 Å². The fraction of sp³-hybridized carbons (Fsp3) is 0.111. The smallest absolute Gasteiger partial charge is 0.339 e.